The Bertz CT molecular complexity index is 879. The molecule has 2 aromatic heterocycles. The van der Waals surface area contributed by atoms with Gasteiger partial charge in [0.1, 0.15) is 5.82 Å². The molecule has 9 heteroatoms. The summed E-state index contributed by atoms with van der Waals surface area (Å²) in [4.78, 5) is 16.0. The third kappa shape index (κ3) is 4.36. The number of carbonyl (C=O) groups excluding carboxylic acids is 1. The third-order valence-corrected chi connectivity index (χ3v) is 7.09. The van der Waals surface area contributed by atoms with Crippen molar-refractivity contribution in [2.24, 2.45) is 11.8 Å². The van der Waals surface area contributed by atoms with Crippen LogP contribution in [0.2, 0.25) is 0 Å². The van der Waals surface area contributed by atoms with Gasteiger partial charge in [0, 0.05) is 36.0 Å². The Morgan fingerprint density at radius 1 is 1.43 bits per heavy atom. The molecule has 1 N–H and O–H groups in total. The highest BCUT2D eigenvalue weighted by atomic mass is 32.1. The molecular weight excluding hydrogens is 413 g/mol. The SMILES string of the molecule is Cc1cc2n(n1)[C@@H](C(F)(F)F)C[C@@H]([C@H]1CCCN(C(=O)[C@H](C)Cc3cccs3)C1)N2. The summed E-state index contributed by atoms with van der Waals surface area (Å²) in [6, 6.07) is 3.72. The predicted molar refractivity (Wildman–Crippen MR) is 111 cm³/mol. The van der Waals surface area contributed by atoms with Gasteiger partial charge in [-0.25, -0.2) is 4.68 Å². The summed E-state index contributed by atoms with van der Waals surface area (Å²) in [5.41, 5.74) is 0.565. The van der Waals surface area contributed by atoms with Crippen molar-refractivity contribution < 1.29 is 18.0 Å². The Balaban J connectivity index is 1.46. The van der Waals surface area contributed by atoms with Crippen LogP contribution in [0.1, 0.15) is 42.8 Å². The van der Waals surface area contributed by atoms with Crippen LogP contribution in [-0.2, 0) is 11.2 Å². The number of piperidine rings is 1. The van der Waals surface area contributed by atoms with Crippen LogP contribution in [0.5, 0.6) is 0 Å². The van der Waals surface area contributed by atoms with Gasteiger partial charge in [-0.1, -0.05) is 13.0 Å². The molecule has 164 valence electrons. The number of hydrogen-bond donors (Lipinski definition) is 1. The van der Waals surface area contributed by atoms with Gasteiger partial charge in [0.15, 0.2) is 6.04 Å². The number of aromatic nitrogens is 2. The maximum absolute atomic E-state index is 13.7. The number of nitrogens with one attached hydrogen (secondary N) is 1. The van der Waals surface area contributed by atoms with Gasteiger partial charge in [0.25, 0.3) is 0 Å². The summed E-state index contributed by atoms with van der Waals surface area (Å²) < 4.78 is 42.2. The Hall–Kier alpha value is -2.03. The number of carbonyl (C=O) groups is 1. The fourth-order valence-electron chi connectivity index (χ4n) is 4.70. The molecule has 0 bridgehead atoms. The Labute approximate surface area is 178 Å². The molecule has 2 aromatic rings. The molecule has 30 heavy (non-hydrogen) atoms. The lowest BCUT2D eigenvalue weighted by molar-refractivity contribution is -0.175. The monoisotopic (exact) mass is 440 g/mol. The van der Waals surface area contributed by atoms with E-state index in [9.17, 15) is 18.0 Å². The fourth-order valence-corrected chi connectivity index (χ4v) is 5.54. The molecule has 0 radical (unpaired) electrons. The van der Waals surface area contributed by atoms with E-state index in [1.165, 1.54) is 4.88 Å². The largest absolute Gasteiger partial charge is 0.410 e. The zero-order chi connectivity index (χ0) is 21.5. The molecule has 2 aliphatic rings. The van der Waals surface area contributed by atoms with Crippen LogP contribution < -0.4 is 5.32 Å². The lowest BCUT2D eigenvalue weighted by Gasteiger charge is -2.42. The van der Waals surface area contributed by atoms with Crippen LogP contribution in [0, 0.1) is 18.8 Å². The van der Waals surface area contributed by atoms with Gasteiger partial charge in [-0.15, -0.1) is 11.3 Å². The zero-order valence-electron chi connectivity index (χ0n) is 17.2. The maximum Gasteiger partial charge on any atom is 0.410 e. The second kappa shape index (κ2) is 8.24. The zero-order valence-corrected chi connectivity index (χ0v) is 18.0. The molecule has 0 unspecified atom stereocenters. The van der Waals surface area contributed by atoms with Gasteiger partial charge in [0.2, 0.25) is 5.91 Å². The lowest BCUT2D eigenvalue weighted by Crippen LogP contribution is -2.50. The topological polar surface area (TPSA) is 50.2 Å². The average molecular weight is 441 g/mol. The number of halogens is 3. The fraction of sp³-hybridized carbons (Fsp3) is 0.619. The molecule has 4 heterocycles. The minimum absolute atomic E-state index is 0.00885. The van der Waals surface area contributed by atoms with Crippen molar-refractivity contribution in [1.82, 2.24) is 14.7 Å². The quantitative estimate of drug-likeness (QED) is 0.753. The van der Waals surface area contributed by atoms with Crippen molar-refractivity contribution in [3.63, 3.8) is 0 Å². The Morgan fingerprint density at radius 3 is 2.93 bits per heavy atom. The minimum atomic E-state index is -4.35. The molecular formula is C21H27F3N4OS. The minimum Gasteiger partial charge on any atom is -0.367 e. The van der Waals surface area contributed by atoms with E-state index in [2.05, 4.69) is 10.4 Å². The number of thiophene rings is 1. The van der Waals surface area contributed by atoms with Gasteiger partial charge in [0.05, 0.1) is 5.69 Å². The van der Waals surface area contributed by atoms with Crippen molar-refractivity contribution >= 4 is 23.1 Å². The summed E-state index contributed by atoms with van der Waals surface area (Å²) in [6.45, 7) is 4.82. The van der Waals surface area contributed by atoms with Crippen molar-refractivity contribution in [3.8, 4) is 0 Å². The number of anilines is 1. The van der Waals surface area contributed by atoms with Crippen LogP contribution in [0.25, 0.3) is 0 Å². The van der Waals surface area contributed by atoms with Gasteiger partial charge in [-0.2, -0.15) is 18.3 Å². The van der Waals surface area contributed by atoms with Crippen LogP contribution in [0.15, 0.2) is 23.6 Å². The standard InChI is InChI=1S/C21H27F3N4OS/c1-13(9-16-6-4-8-30-16)20(29)27-7-3-5-15(12-27)17-11-18(21(22,23)24)28-19(25-17)10-14(2)26-28/h4,6,8,10,13,15,17-18,25H,3,5,7,9,11-12H2,1-2H3/t13-,15+,17+,18-/m1/s1. The van der Waals surface area contributed by atoms with Gasteiger partial charge in [-0.05, 0) is 50.0 Å². The maximum atomic E-state index is 13.7. The second-order valence-electron chi connectivity index (χ2n) is 8.53. The van der Waals surface area contributed by atoms with Crippen molar-refractivity contribution in [3.05, 3.63) is 34.2 Å². The van der Waals surface area contributed by atoms with Crippen LogP contribution in [0.4, 0.5) is 19.0 Å². The summed E-state index contributed by atoms with van der Waals surface area (Å²) in [7, 11) is 0. The van der Waals surface area contributed by atoms with Crippen LogP contribution in [-0.4, -0.2) is 45.9 Å². The molecule has 0 spiro atoms. The highest BCUT2D eigenvalue weighted by molar-refractivity contribution is 7.09. The van der Waals surface area contributed by atoms with Crippen LogP contribution in [0.3, 0.4) is 0 Å². The van der Waals surface area contributed by atoms with E-state index in [0.717, 1.165) is 17.5 Å². The molecule has 1 amide bonds. The Kier molecular flexibility index (Phi) is 5.83. The number of alkyl halides is 3. The van der Waals surface area contributed by atoms with E-state index in [4.69, 9.17) is 0 Å². The average Bonchev–Trinajstić information content (AvgIpc) is 3.34. The van der Waals surface area contributed by atoms with Crippen molar-refractivity contribution in [1.29, 1.82) is 0 Å². The summed E-state index contributed by atoms with van der Waals surface area (Å²) in [5.74, 6) is 0.372. The summed E-state index contributed by atoms with van der Waals surface area (Å²) in [5, 5.41) is 9.33. The van der Waals surface area contributed by atoms with Gasteiger partial charge in [-0.3, -0.25) is 4.79 Å². The number of amides is 1. The molecule has 1 saturated heterocycles. The first kappa shape index (κ1) is 21.2. The number of fused-ring (bicyclic) bond motifs is 1. The number of hydrogen-bond acceptors (Lipinski definition) is 4. The molecule has 0 saturated carbocycles. The molecule has 4 atom stereocenters. The number of likely N-dealkylation sites (tertiary alicyclic amines) is 1. The number of nitrogens with zero attached hydrogens (tertiary/aromatic N) is 3. The van der Waals surface area contributed by atoms with Crippen LogP contribution >= 0.6 is 11.3 Å². The van der Waals surface area contributed by atoms with Crippen molar-refractivity contribution in [2.45, 2.75) is 57.8 Å². The number of rotatable bonds is 4. The smallest absolute Gasteiger partial charge is 0.367 e. The predicted octanol–water partition coefficient (Wildman–Crippen LogP) is 4.66. The van der Waals surface area contributed by atoms with E-state index in [1.807, 2.05) is 29.3 Å². The summed E-state index contributed by atoms with van der Waals surface area (Å²) >= 11 is 1.64. The number of aryl methyl sites for hydroxylation is 1. The second-order valence-corrected chi connectivity index (χ2v) is 9.56. The van der Waals surface area contributed by atoms with Gasteiger partial charge >= 0.3 is 6.18 Å². The molecule has 0 aromatic carbocycles. The Morgan fingerprint density at radius 2 is 2.23 bits per heavy atom. The molecule has 0 aliphatic carbocycles. The highest BCUT2D eigenvalue weighted by Crippen LogP contribution is 2.42. The first-order valence-electron chi connectivity index (χ1n) is 10.4. The summed E-state index contributed by atoms with van der Waals surface area (Å²) in [6.07, 6.45) is -2.08. The normalized spacial score (nSPS) is 25.5. The van der Waals surface area contributed by atoms with E-state index in [1.54, 1.807) is 24.3 Å². The first-order chi connectivity index (χ1) is 14.2. The third-order valence-electron chi connectivity index (χ3n) is 6.19. The van der Waals surface area contributed by atoms with E-state index in [0.29, 0.717) is 31.0 Å². The van der Waals surface area contributed by atoms with Gasteiger partial charge < -0.3 is 10.2 Å². The van der Waals surface area contributed by atoms with E-state index >= 15 is 0 Å². The highest BCUT2D eigenvalue weighted by Gasteiger charge is 2.48. The first-order valence-corrected chi connectivity index (χ1v) is 11.3. The van der Waals surface area contributed by atoms with E-state index in [-0.39, 0.29) is 30.2 Å². The van der Waals surface area contributed by atoms with Crippen molar-refractivity contribution in [2.75, 3.05) is 18.4 Å². The molecule has 2 aliphatic heterocycles. The van der Waals surface area contributed by atoms with E-state index < -0.39 is 12.2 Å². The lowest BCUT2D eigenvalue weighted by atomic mass is 9.85. The molecule has 5 nitrogen and oxygen atoms in total. The molecule has 1 fully saturated rings. The molecule has 4 rings (SSSR count).